The van der Waals surface area contributed by atoms with Gasteiger partial charge in [0.2, 0.25) is 0 Å². The minimum atomic E-state index is -0.622. The Morgan fingerprint density at radius 3 is 2.51 bits per heavy atom. The van der Waals surface area contributed by atoms with Gasteiger partial charge in [-0.3, -0.25) is 4.79 Å². The van der Waals surface area contributed by atoms with E-state index in [0.29, 0.717) is 40.1 Å². The number of rotatable bonds is 11. The standard InChI is InChI=1S/C30H29FN4O5S/c1-3-38-29(37)27-19(2)33-30(41)34-28(27)24-6-4-5-7-25(24)40-18-26(36)35-32-16-20-10-14-23(15-11-20)39-17-21-8-12-22(31)13-9-21/h4-16,28H,3,17-18H2,1-2H3,(H,35,36)(H2,33,34,41)/t28-/m1/s1. The Morgan fingerprint density at radius 2 is 1.78 bits per heavy atom. The second kappa shape index (κ2) is 14.0. The van der Waals surface area contributed by atoms with Crippen LogP contribution in [-0.2, 0) is 20.9 Å². The second-order valence-electron chi connectivity index (χ2n) is 8.89. The Bertz CT molecular complexity index is 1460. The third-order valence-corrected chi connectivity index (χ3v) is 6.17. The molecule has 0 saturated heterocycles. The summed E-state index contributed by atoms with van der Waals surface area (Å²) in [6.45, 7) is 3.71. The van der Waals surface area contributed by atoms with Gasteiger partial charge in [0.05, 0.1) is 24.4 Å². The summed E-state index contributed by atoms with van der Waals surface area (Å²) in [5.41, 5.74) is 5.60. The zero-order valence-electron chi connectivity index (χ0n) is 22.5. The molecule has 1 aliphatic rings. The van der Waals surface area contributed by atoms with Crippen molar-refractivity contribution >= 4 is 35.4 Å². The molecule has 9 nitrogen and oxygen atoms in total. The molecule has 11 heteroatoms. The number of nitrogens with one attached hydrogen (secondary N) is 3. The van der Waals surface area contributed by atoms with Gasteiger partial charge in [-0.1, -0.05) is 30.3 Å². The van der Waals surface area contributed by atoms with Crippen molar-refractivity contribution in [2.45, 2.75) is 26.5 Å². The number of carbonyl (C=O) groups is 2. The minimum absolute atomic E-state index is 0.223. The van der Waals surface area contributed by atoms with Gasteiger partial charge in [-0.15, -0.1) is 0 Å². The summed E-state index contributed by atoms with van der Waals surface area (Å²) in [5.74, 6) is -0.201. The first-order valence-electron chi connectivity index (χ1n) is 12.8. The average Bonchev–Trinajstić information content (AvgIpc) is 2.96. The van der Waals surface area contributed by atoms with Crippen molar-refractivity contribution in [2.24, 2.45) is 5.10 Å². The molecule has 0 radical (unpaired) electrons. The molecule has 212 valence electrons. The van der Waals surface area contributed by atoms with Crippen molar-refractivity contribution in [1.29, 1.82) is 0 Å². The predicted octanol–water partition coefficient (Wildman–Crippen LogP) is 4.29. The van der Waals surface area contributed by atoms with Crippen LogP contribution in [0.1, 0.15) is 36.6 Å². The smallest absolute Gasteiger partial charge is 0.338 e. The monoisotopic (exact) mass is 576 g/mol. The Balaban J connectivity index is 1.32. The number of allylic oxidation sites excluding steroid dienone is 1. The van der Waals surface area contributed by atoms with Gasteiger partial charge in [0.15, 0.2) is 11.7 Å². The molecule has 0 unspecified atom stereocenters. The predicted molar refractivity (Wildman–Crippen MR) is 156 cm³/mol. The Hall–Kier alpha value is -4.77. The molecule has 1 heterocycles. The van der Waals surface area contributed by atoms with Gasteiger partial charge in [-0.25, -0.2) is 14.6 Å². The maximum Gasteiger partial charge on any atom is 0.338 e. The van der Waals surface area contributed by atoms with Crippen molar-refractivity contribution in [2.75, 3.05) is 13.2 Å². The van der Waals surface area contributed by atoms with Gasteiger partial charge in [-0.2, -0.15) is 5.10 Å². The molecule has 0 spiro atoms. The molecule has 3 N–H and O–H groups in total. The van der Waals surface area contributed by atoms with E-state index in [9.17, 15) is 14.0 Å². The SMILES string of the molecule is CCOC(=O)C1=C(C)NC(=S)N[C@@H]1c1ccccc1OCC(=O)NN=Cc1ccc(OCc2ccc(F)cc2)cc1. The van der Waals surface area contributed by atoms with E-state index in [4.69, 9.17) is 26.4 Å². The molecule has 0 aliphatic carbocycles. The van der Waals surface area contributed by atoms with Crippen LogP contribution >= 0.6 is 12.2 Å². The largest absolute Gasteiger partial charge is 0.489 e. The molecule has 0 aromatic heterocycles. The van der Waals surface area contributed by atoms with Gasteiger partial charge >= 0.3 is 5.97 Å². The normalized spacial score (nSPS) is 14.7. The van der Waals surface area contributed by atoms with Crippen LogP contribution in [0.3, 0.4) is 0 Å². The lowest BCUT2D eigenvalue weighted by molar-refractivity contribution is -0.139. The highest BCUT2D eigenvalue weighted by Gasteiger charge is 2.32. The first-order valence-corrected chi connectivity index (χ1v) is 13.2. The van der Waals surface area contributed by atoms with Gasteiger partial charge < -0.3 is 24.8 Å². The zero-order chi connectivity index (χ0) is 29.2. The van der Waals surface area contributed by atoms with Crippen LogP contribution in [0.5, 0.6) is 11.5 Å². The van der Waals surface area contributed by atoms with Crippen molar-refractivity contribution in [3.8, 4) is 11.5 Å². The Labute approximate surface area is 242 Å². The number of hydrazone groups is 1. The lowest BCUT2D eigenvalue weighted by Crippen LogP contribution is -2.45. The van der Waals surface area contributed by atoms with Crippen LogP contribution in [0.2, 0.25) is 0 Å². The molecule has 1 amide bonds. The van der Waals surface area contributed by atoms with Crippen molar-refractivity contribution < 1.29 is 28.2 Å². The van der Waals surface area contributed by atoms with Crippen LogP contribution in [0, 0.1) is 5.82 Å². The van der Waals surface area contributed by atoms with Gasteiger partial charge in [0.1, 0.15) is 23.9 Å². The quantitative estimate of drug-likeness (QED) is 0.134. The Kier molecular flexibility index (Phi) is 10.0. The van der Waals surface area contributed by atoms with E-state index in [-0.39, 0.29) is 19.0 Å². The highest BCUT2D eigenvalue weighted by atomic mass is 32.1. The van der Waals surface area contributed by atoms with Crippen LogP contribution in [-0.4, -0.2) is 36.4 Å². The van der Waals surface area contributed by atoms with Gasteiger partial charge in [0, 0.05) is 11.3 Å². The molecule has 0 fully saturated rings. The summed E-state index contributed by atoms with van der Waals surface area (Å²) in [7, 11) is 0. The lowest BCUT2D eigenvalue weighted by atomic mass is 9.95. The van der Waals surface area contributed by atoms with Gasteiger partial charge in [0.25, 0.3) is 5.91 Å². The number of benzene rings is 3. The molecular weight excluding hydrogens is 547 g/mol. The number of ether oxygens (including phenoxy) is 3. The number of thiocarbonyl (C=S) groups is 1. The van der Waals surface area contributed by atoms with E-state index in [1.807, 2.05) is 0 Å². The van der Waals surface area contributed by atoms with Crippen molar-refractivity contribution in [3.05, 3.63) is 107 Å². The molecule has 4 rings (SSSR count). The number of hydrogen-bond donors (Lipinski definition) is 3. The van der Waals surface area contributed by atoms with E-state index < -0.39 is 17.9 Å². The Morgan fingerprint density at radius 1 is 1.05 bits per heavy atom. The number of para-hydroxylation sites is 1. The average molecular weight is 577 g/mol. The maximum absolute atomic E-state index is 13.0. The molecule has 3 aromatic carbocycles. The number of carbonyl (C=O) groups excluding carboxylic acids is 2. The van der Waals surface area contributed by atoms with E-state index >= 15 is 0 Å². The van der Waals surface area contributed by atoms with Crippen LogP contribution < -0.4 is 25.5 Å². The van der Waals surface area contributed by atoms with Crippen LogP contribution in [0.25, 0.3) is 0 Å². The molecule has 41 heavy (non-hydrogen) atoms. The third-order valence-electron chi connectivity index (χ3n) is 5.96. The summed E-state index contributed by atoms with van der Waals surface area (Å²) in [6, 6.07) is 19.7. The van der Waals surface area contributed by atoms with Gasteiger partial charge in [-0.05, 0) is 79.7 Å². The van der Waals surface area contributed by atoms with Crippen LogP contribution in [0.15, 0.2) is 89.2 Å². The number of nitrogens with zero attached hydrogens (tertiary/aromatic N) is 1. The summed E-state index contributed by atoms with van der Waals surface area (Å²) in [4.78, 5) is 25.1. The van der Waals surface area contributed by atoms with E-state index in [2.05, 4.69) is 21.2 Å². The van der Waals surface area contributed by atoms with Crippen molar-refractivity contribution in [1.82, 2.24) is 16.1 Å². The summed E-state index contributed by atoms with van der Waals surface area (Å²) < 4.78 is 29.8. The molecule has 1 aliphatic heterocycles. The van der Waals surface area contributed by atoms with E-state index in [1.165, 1.54) is 18.3 Å². The first kappa shape index (κ1) is 29.2. The highest BCUT2D eigenvalue weighted by Crippen LogP contribution is 2.33. The summed E-state index contributed by atoms with van der Waals surface area (Å²) in [6.07, 6.45) is 1.49. The van der Waals surface area contributed by atoms with E-state index in [1.54, 1.807) is 74.5 Å². The fourth-order valence-electron chi connectivity index (χ4n) is 4.01. The fourth-order valence-corrected chi connectivity index (χ4v) is 4.28. The number of esters is 1. The number of hydrogen-bond acceptors (Lipinski definition) is 7. The maximum atomic E-state index is 13.0. The van der Waals surface area contributed by atoms with E-state index in [0.717, 1.165) is 11.1 Å². The van der Waals surface area contributed by atoms with Crippen LogP contribution in [0.4, 0.5) is 4.39 Å². The second-order valence-corrected chi connectivity index (χ2v) is 9.30. The number of amides is 1. The summed E-state index contributed by atoms with van der Waals surface area (Å²) >= 11 is 5.30. The van der Waals surface area contributed by atoms with Crippen molar-refractivity contribution in [3.63, 3.8) is 0 Å². The number of halogens is 1. The molecule has 3 aromatic rings. The molecule has 1 atom stereocenters. The lowest BCUT2D eigenvalue weighted by Gasteiger charge is -2.30. The topological polar surface area (TPSA) is 110 Å². The molecule has 0 saturated carbocycles. The summed E-state index contributed by atoms with van der Waals surface area (Å²) in [5, 5.41) is 10.4. The molecule has 0 bridgehead atoms. The zero-order valence-corrected chi connectivity index (χ0v) is 23.3. The third kappa shape index (κ3) is 8.12. The molecular formula is C30H29FN4O5S. The highest BCUT2D eigenvalue weighted by molar-refractivity contribution is 7.80. The first-order chi connectivity index (χ1) is 19.8. The fraction of sp³-hybridized carbons (Fsp3) is 0.200. The minimum Gasteiger partial charge on any atom is -0.489 e.